The van der Waals surface area contributed by atoms with Crippen LogP contribution in [0.3, 0.4) is 0 Å². The first-order chi connectivity index (χ1) is 7.52. The van der Waals surface area contributed by atoms with E-state index >= 15 is 0 Å². The summed E-state index contributed by atoms with van der Waals surface area (Å²) in [5.74, 6) is -0.237. The van der Waals surface area contributed by atoms with Gasteiger partial charge in [-0.2, -0.15) is 0 Å². The van der Waals surface area contributed by atoms with Gasteiger partial charge in [0.2, 0.25) is 5.91 Å². The topological polar surface area (TPSA) is 55.1 Å². The third-order valence-corrected chi connectivity index (χ3v) is 2.40. The standard InChI is InChI=1S/C12H17FN2O/c1-8(7-14)5-12(16)15-11-4-3-10(13)6-9(11)2/h3-4,6,8H,5,7,14H2,1-2H3,(H,15,16). The summed E-state index contributed by atoms with van der Waals surface area (Å²) in [7, 11) is 0. The first-order valence-electron chi connectivity index (χ1n) is 5.29. The molecular formula is C12H17FN2O. The zero-order chi connectivity index (χ0) is 12.1. The lowest BCUT2D eigenvalue weighted by Gasteiger charge is -2.11. The molecule has 1 atom stereocenters. The minimum atomic E-state index is -0.300. The van der Waals surface area contributed by atoms with E-state index in [1.165, 1.54) is 12.1 Å². The molecule has 0 fully saturated rings. The Morgan fingerprint density at radius 2 is 2.25 bits per heavy atom. The Bertz CT molecular complexity index is 379. The molecule has 0 spiro atoms. The summed E-state index contributed by atoms with van der Waals surface area (Å²) < 4.78 is 12.8. The summed E-state index contributed by atoms with van der Waals surface area (Å²) >= 11 is 0. The number of amides is 1. The van der Waals surface area contributed by atoms with Crippen LogP contribution in [0.25, 0.3) is 0 Å². The van der Waals surface area contributed by atoms with Crippen molar-refractivity contribution in [3.05, 3.63) is 29.6 Å². The Balaban J connectivity index is 2.63. The first-order valence-corrected chi connectivity index (χ1v) is 5.29. The second kappa shape index (κ2) is 5.61. The highest BCUT2D eigenvalue weighted by Crippen LogP contribution is 2.16. The lowest BCUT2D eigenvalue weighted by atomic mass is 10.1. The zero-order valence-corrected chi connectivity index (χ0v) is 9.59. The van der Waals surface area contributed by atoms with Crippen molar-refractivity contribution in [2.75, 3.05) is 11.9 Å². The van der Waals surface area contributed by atoms with E-state index in [0.29, 0.717) is 24.2 Å². The molecule has 88 valence electrons. The van der Waals surface area contributed by atoms with Crippen molar-refractivity contribution in [3.63, 3.8) is 0 Å². The first kappa shape index (κ1) is 12.6. The maximum Gasteiger partial charge on any atom is 0.224 e. The van der Waals surface area contributed by atoms with E-state index in [4.69, 9.17) is 5.73 Å². The second-order valence-electron chi connectivity index (χ2n) is 4.05. The Kier molecular flexibility index (Phi) is 4.43. The molecule has 0 radical (unpaired) electrons. The molecule has 1 aromatic rings. The third kappa shape index (κ3) is 3.62. The van der Waals surface area contributed by atoms with Gasteiger partial charge in [0.05, 0.1) is 0 Å². The number of rotatable bonds is 4. The Morgan fingerprint density at radius 3 is 2.81 bits per heavy atom. The van der Waals surface area contributed by atoms with Crippen LogP contribution in [-0.2, 0) is 4.79 Å². The van der Waals surface area contributed by atoms with Crippen molar-refractivity contribution in [2.24, 2.45) is 11.7 Å². The van der Waals surface area contributed by atoms with E-state index in [-0.39, 0.29) is 17.6 Å². The van der Waals surface area contributed by atoms with Crippen LogP contribution >= 0.6 is 0 Å². The molecule has 0 aliphatic rings. The van der Waals surface area contributed by atoms with Gasteiger partial charge in [0, 0.05) is 12.1 Å². The van der Waals surface area contributed by atoms with Crippen molar-refractivity contribution in [3.8, 4) is 0 Å². The fourth-order valence-electron chi connectivity index (χ4n) is 1.37. The van der Waals surface area contributed by atoms with Crippen molar-refractivity contribution in [2.45, 2.75) is 20.3 Å². The molecule has 16 heavy (non-hydrogen) atoms. The van der Waals surface area contributed by atoms with Gasteiger partial charge in [-0.25, -0.2) is 4.39 Å². The van der Waals surface area contributed by atoms with E-state index in [2.05, 4.69) is 5.32 Å². The lowest BCUT2D eigenvalue weighted by Crippen LogP contribution is -2.20. The number of hydrogen-bond acceptors (Lipinski definition) is 2. The maximum absolute atomic E-state index is 12.8. The maximum atomic E-state index is 12.8. The van der Waals surface area contributed by atoms with Crippen molar-refractivity contribution in [1.82, 2.24) is 0 Å². The molecule has 4 heteroatoms. The SMILES string of the molecule is Cc1cc(F)ccc1NC(=O)CC(C)CN. The fourth-order valence-corrected chi connectivity index (χ4v) is 1.37. The number of aryl methyl sites for hydroxylation is 1. The van der Waals surface area contributed by atoms with Crippen LogP contribution in [0.1, 0.15) is 18.9 Å². The van der Waals surface area contributed by atoms with Crippen molar-refractivity contribution in [1.29, 1.82) is 0 Å². The number of carbonyl (C=O) groups is 1. The highest BCUT2D eigenvalue weighted by molar-refractivity contribution is 5.91. The Labute approximate surface area is 94.8 Å². The molecule has 0 saturated carbocycles. The van der Waals surface area contributed by atoms with Crippen LogP contribution in [0.5, 0.6) is 0 Å². The average Bonchev–Trinajstić information content (AvgIpc) is 2.22. The quantitative estimate of drug-likeness (QED) is 0.822. The average molecular weight is 224 g/mol. The van der Waals surface area contributed by atoms with Gasteiger partial charge in [0.25, 0.3) is 0 Å². The zero-order valence-electron chi connectivity index (χ0n) is 9.59. The van der Waals surface area contributed by atoms with Gasteiger partial charge >= 0.3 is 0 Å². The molecule has 0 heterocycles. The predicted molar refractivity (Wildman–Crippen MR) is 62.6 cm³/mol. The third-order valence-electron chi connectivity index (χ3n) is 2.40. The van der Waals surface area contributed by atoms with Crippen molar-refractivity contribution >= 4 is 11.6 Å². The highest BCUT2D eigenvalue weighted by Gasteiger charge is 2.09. The molecule has 1 unspecified atom stereocenters. The number of anilines is 1. The van der Waals surface area contributed by atoms with Crippen LogP contribution in [0.4, 0.5) is 10.1 Å². The summed E-state index contributed by atoms with van der Waals surface area (Å²) in [5, 5.41) is 2.74. The van der Waals surface area contributed by atoms with Gasteiger partial charge in [0.15, 0.2) is 0 Å². The highest BCUT2D eigenvalue weighted by atomic mass is 19.1. The van der Waals surface area contributed by atoms with Crippen molar-refractivity contribution < 1.29 is 9.18 Å². The van der Waals surface area contributed by atoms with Gasteiger partial charge in [0.1, 0.15) is 5.82 Å². The largest absolute Gasteiger partial charge is 0.330 e. The van der Waals surface area contributed by atoms with Gasteiger partial charge in [-0.1, -0.05) is 6.92 Å². The number of nitrogens with two attached hydrogens (primary N) is 1. The number of carbonyl (C=O) groups excluding carboxylic acids is 1. The van der Waals surface area contributed by atoms with Crippen LogP contribution in [0.2, 0.25) is 0 Å². The molecule has 1 aromatic carbocycles. The molecule has 3 N–H and O–H groups in total. The predicted octanol–water partition coefficient (Wildman–Crippen LogP) is 2.06. The summed E-state index contributed by atoms with van der Waals surface area (Å²) in [5.41, 5.74) is 6.80. The lowest BCUT2D eigenvalue weighted by molar-refractivity contribution is -0.116. The van der Waals surface area contributed by atoms with Crippen LogP contribution in [0.15, 0.2) is 18.2 Å². The molecule has 1 amide bonds. The molecule has 0 bridgehead atoms. The molecule has 0 saturated heterocycles. The number of nitrogens with one attached hydrogen (secondary N) is 1. The Hall–Kier alpha value is -1.42. The molecule has 3 nitrogen and oxygen atoms in total. The summed E-state index contributed by atoms with van der Waals surface area (Å²) in [6.07, 6.45) is 0.382. The van der Waals surface area contributed by atoms with E-state index in [1.54, 1.807) is 13.0 Å². The summed E-state index contributed by atoms with van der Waals surface area (Å²) in [6, 6.07) is 4.28. The summed E-state index contributed by atoms with van der Waals surface area (Å²) in [6.45, 7) is 4.15. The monoisotopic (exact) mass is 224 g/mol. The van der Waals surface area contributed by atoms with Gasteiger partial charge in [-0.3, -0.25) is 4.79 Å². The molecular weight excluding hydrogens is 207 g/mol. The summed E-state index contributed by atoms with van der Waals surface area (Å²) in [4.78, 5) is 11.6. The number of halogens is 1. The van der Waals surface area contributed by atoms with Gasteiger partial charge in [-0.05, 0) is 43.1 Å². The van der Waals surface area contributed by atoms with Crippen LogP contribution in [-0.4, -0.2) is 12.5 Å². The van der Waals surface area contributed by atoms with Gasteiger partial charge in [-0.15, -0.1) is 0 Å². The van der Waals surface area contributed by atoms with Crippen LogP contribution in [0, 0.1) is 18.7 Å². The van der Waals surface area contributed by atoms with Gasteiger partial charge < -0.3 is 11.1 Å². The van der Waals surface area contributed by atoms with E-state index in [1.807, 2.05) is 6.92 Å². The number of hydrogen-bond donors (Lipinski definition) is 2. The second-order valence-corrected chi connectivity index (χ2v) is 4.05. The molecule has 0 aliphatic heterocycles. The fraction of sp³-hybridized carbons (Fsp3) is 0.417. The minimum absolute atomic E-state index is 0.0901. The van der Waals surface area contributed by atoms with E-state index in [0.717, 1.165) is 0 Å². The normalized spacial score (nSPS) is 12.2. The Morgan fingerprint density at radius 1 is 1.56 bits per heavy atom. The molecule has 0 aliphatic carbocycles. The van der Waals surface area contributed by atoms with E-state index in [9.17, 15) is 9.18 Å². The minimum Gasteiger partial charge on any atom is -0.330 e. The molecule has 0 aromatic heterocycles. The van der Waals surface area contributed by atoms with Crippen LogP contribution < -0.4 is 11.1 Å². The smallest absolute Gasteiger partial charge is 0.224 e. The number of benzene rings is 1. The van der Waals surface area contributed by atoms with E-state index < -0.39 is 0 Å². The molecule has 1 rings (SSSR count).